The third kappa shape index (κ3) is 2.67. The summed E-state index contributed by atoms with van der Waals surface area (Å²) in [5, 5.41) is 16.8. The summed E-state index contributed by atoms with van der Waals surface area (Å²) >= 11 is 1.50. The highest BCUT2D eigenvalue weighted by Gasteiger charge is 2.31. The van der Waals surface area contributed by atoms with Crippen LogP contribution in [-0.2, 0) is 7.05 Å². The van der Waals surface area contributed by atoms with Crippen molar-refractivity contribution in [2.24, 2.45) is 7.05 Å². The molecule has 2 amide bonds. The first kappa shape index (κ1) is 14.9. The van der Waals surface area contributed by atoms with Gasteiger partial charge in [0.05, 0.1) is 24.1 Å². The Kier molecular flexibility index (Phi) is 3.77. The van der Waals surface area contributed by atoms with E-state index in [0.717, 1.165) is 35.7 Å². The number of H-pyrrole nitrogens is 1. The Bertz CT molecular complexity index is 838. The first-order chi connectivity index (χ1) is 11.7. The average molecular weight is 343 g/mol. The van der Waals surface area contributed by atoms with Crippen molar-refractivity contribution in [3.8, 4) is 10.7 Å². The van der Waals surface area contributed by atoms with Gasteiger partial charge in [-0.15, -0.1) is 11.3 Å². The fourth-order valence-electron chi connectivity index (χ4n) is 3.05. The highest BCUT2D eigenvalue weighted by atomic mass is 32.1. The van der Waals surface area contributed by atoms with Crippen molar-refractivity contribution in [1.82, 2.24) is 29.9 Å². The van der Waals surface area contributed by atoms with Gasteiger partial charge < -0.3 is 10.2 Å². The normalized spacial score (nSPS) is 17.4. The van der Waals surface area contributed by atoms with Gasteiger partial charge in [-0.1, -0.05) is 0 Å². The van der Waals surface area contributed by atoms with Gasteiger partial charge in [0.25, 0.3) is 0 Å². The lowest BCUT2D eigenvalue weighted by atomic mass is 10.1. The predicted octanol–water partition coefficient (Wildman–Crippen LogP) is 2.64. The van der Waals surface area contributed by atoms with Crippen LogP contribution in [0.15, 0.2) is 30.2 Å². The molecule has 0 radical (unpaired) electrons. The van der Waals surface area contributed by atoms with E-state index in [9.17, 15) is 4.79 Å². The van der Waals surface area contributed by atoms with Gasteiger partial charge in [0.15, 0.2) is 0 Å². The molecule has 2 N–H and O–H groups in total. The number of hydrogen-bond acceptors (Lipinski definition) is 5. The summed E-state index contributed by atoms with van der Waals surface area (Å²) in [5.41, 5.74) is 2.44. The second-order valence-electron chi connectivity index (χ2n) is 5.72. The molecule has 124 valence electrons. The topological polar surface area (TPSA) is 91.7 Å². The number of nitrogens with zero attached hydrogens (tertiary/aromatic N) is 5. The van der Waals surface area contributed by atoms with Crippen molar-refractivity contribution in [1.29, 1.82) is 0 Å². The molecule has 1 saturated heterocycles. The zero-order valence-corrected chi connectivity index (χ0v) is 14.0. The van der Waals surface area contributed by atoms with E-state index >= 15 is 0 Å². The van der Waals surface area contributed by atoms with Crippen molar-refractivity contribution >= 4 is 23.1 Å². The van der Waals surface area contributed by atoms with Crippen molar-refractivity contribution in [3.63, 3.8) is 0 Å². The van der Waals surface area contributed by atoms with Crippen LogP contribution in [0, 0.1) is 0 Å². The molecule has 4 rings (SSSR count). The van der Waals surface area contributed by atoms with Gasteiger partial charge in [0.1, 0.15) is 10.7 Å². The first-order valence-electron chi connectivity index (χ1n) is 7.72. The maximum Gasteiger partial charge on any atom is 0.322 e. The zero-order chi connectivity index (χ0) is 16.5. The molecule has 1 unspecified atom stereocenters. The lowest BCUT2D eigenvalue weighted by molar-refractivity contribution is 0.207. The monoisotopic (exact) mass is 343 g/mol. The van der Waals surface area contributed by atoms with Crippen LogP contribution in [0.5, 0.6) is 0 Å². The van der Waals surface area contributed by atoms with Gasteiger partial charge in [0, 0.05) is 36.9 Å². The molecule has 0 spiro atoms. The minimum atomic E-state index is -0.124. The number of nitrogens with one attached hydrogen (secondary N) is 2. The molecule has 9 heteroatoms. The lowest BCUT2D eigenvalue weighted by Gasteiger charge is -2.24. The molecule has 4 heterocycles. The summed E-state index contributed by atoms with van der Waals surface area (Å²) < 4.78 is 1.76. The molecule has 8 nitrogen and oxygen atoms in total. The van der Waals surface area contributed by atoms with Crippen LogP contribution in [0.2, 0.25) is 0 Å². The number of carbonyl (C=O) groups excluding carboxylic acids is 1. The molecule has 3 aromatic rings. The van der Waals surface area contributed by atoms with Crippen LogP contribution in [-0.4, -0.2) is 42.4 Å². The van der Waals surface area contributed by atoms with Crippen LogP contribution < -0.4 is 5.32 Å². The highest BCUT2D eigenvalue weighted by molar-refractivity contribution is 7.13. The maximum atomic E-state index is 12.8. The van der Waals surface area contributed by atoms with Crippen molar-refractivity contribution in [3.05, 3.63) is 35.7 Å². The molecule has 1 atom stereocenters. The zero-order valence-electron chi connectivity index (χ0n) is 13.1. The third-order valence-corrected chi connectivity index (χ3v) is 4.94. The van der Waals surface area contributed by atoms with Gasteiger partial charge in [-0.25, -0.2) is 9.78 Å². The number of rotatable bonds is 3. The number of likely N-dealkylation sites (tertiary alicyclic amines) is 1. The first-order valence-corrected chi connectivity index (χ1v) is 8.60. The van der Waals surface area contributed by atoms with Gasteiger partial charge in [0.2, 0.25) is 0 Å². The van der Waals surface area contributed by atoms with E-state index in [2.05, 4.69) is 25.6 Å². The summed E-state index contributed by atoms with van der Waals surface area (Å²) in [4.78, 5) is 18.9. The minimum absolute atomic E-state index is 0.0638. The third-order valence-electron chi connectivity index (χ3n) is 4.15. The van der Waals surface area contributed by atoms with Crippen LogP contribution in [0.1, 0.15) is 24.4 Å². The molecule has 0 saturated carbocycles. The van der Waals surface area contributed by atoms with E-state index in [1.807, 2.05) is 29.7 Å². The Labute approximate surface area is 142 Å². The summed E-state index contributed by atoms with van der Waals surface area (Å²) in [6, 6.07) is -0.0607. The SMILES string of the molecule is Cn1cc(C2CCCN2C(=O)Nc2cn[nH]c2-c2nccs2)cn1. The molecule has 0 bridgehead atoms. The fraction of sp³-hybridized carbons (Fsp3) is 0.333. The predicted molar refractivity (Wildman–Crippen MR) is 90.6 cm³/mol. The van der Waals surface area contributed by atoms with Crippen LogP contribution in [0.3, 0.4) is 0 Å². The molecule has 1 fully saturated rings. The fourth-order valence-corrected chi connectivity index (χ4v) is 3.69. The Morgan fingerprint density at radius 2 is 2.38 bits per heavy atom. The number of aromatic amines is 1. The van der Waals surface area contributed by atoms with E-state index < -0.39 is 0 Å². The van der Waals surface area contributed by atoms with Gasteiger partial charge in [-0.3, -0.25) is 9.78 Å². The van der Waals surface area contributed by atoms with Crippen LogP contribution in [0.4, 0.5) is 10.5 Å². The molecule has 3 aromatic heterocycles. The number of amides is 2. The highest BCUT2D eigenvalue weighted by Crippen LogP contribution is 2.33. The second kappa shape index (κ2) is 6.08. The van der Waals surface area contributed by atoms with E-state index in [0.29, 0.717) is 5.69 Å². The summed E-state index contributed by atoms with van der Waals surface area (Å²) in [5.74, 6) is 0. The average Bonchev–Trinajstić information content (AvgIpc) is 3.34. The number of anilines is 1. The largest absolute Gasteiger partial charge is 0.322 e. The molecular weight excluding hydrogens is 326 g/mol. The Morgan fingerprint density at radius 1 is 1.46 bits per heavy atom. The Balaban J connectivity index is 1.53. The number of hydrogen-bond donors (Lipinski definition) is 2. The second-order valence-corrected chi connectivity index (χ2v) is 6.62. The minimum Gasteiger partial charge on any atom is -0.317 e. The Morgan fingerprint density at radius 3 is 3.12 bits per heavy atom. The standard InChI is InChI=1S/C15H17N7OS/c1-21-9-10(7-18-21)12-3-2-5-22(12)15(23)19-11-8-17-20-13(11)14-16-4-6-24-14/h4,6-9,12H,2-3,5H2,1H3,(H,17,20)(H,19,23). The summed E-state index contributed by atoms with van der Waals surface area (Å²) in [6.45, 7) is 0.732. The van der Waals surface area contributed by atoms with Gasteiger partial charge in [-0.05, 0) is 12.8 Å². The quantitative estimate of drug-likeness (QED) is 0.765. The molecular formula is C15H17N7OS. The van der Waals surface area contributed by atoms with E-state index in [4.69, 9.17) is 0 Å². The number of urea groups is 1. The smallest absolute Gasteiger partial charge is 0.317 e. The van der Waals surface area contributed by atoms with Gasteiger partial charge in [-0.2, -0.15) is 10.2 Å². The van der Waals surface area contributed by atoms with E-state index in [1.54, 1.807) is 17.1 Å². The number of thiazole rings is 1. The molecule has 0 aromatic carbocycles. The Hall–Kier alpha value is -2.68. The molecule has 24 heavy (non-hydrogen) atoms. The van der Waals surface area contributed by atoms with Crippen molar-refractivity contribution < 1.29 is 4.79 Å². The van der Waals surface area contributed by atoms with Crippen LogP contribution >= 0.6 is 11.3 Å². The summed E-state index contributed by atoms with van der Waals surface area (Å²) in [6.07, 6.45) is 9.07. The number of aryl methyl sites for hydroxylation is 1. The lowest BCUT2D eigenvalue weighted by Crippen LogP contribution is -2.34. The van der Waals surface area contributed by atoms with Crippen molar-refractivity contribution in [2.45, 2.75) is 18.9 Å². The van der Waals surface area contributed by atoms with Crippen LogP contribution in [0.25, 0.3) is 10.7 Å². The van der Waals surface area contributed by atoms with Crippen molar-refractivity contribution in [2.75, 3.05) is 11.9 Å². The summed E-state index contributed by atoms with van der Waals surface area (Å²) in [7, 11) is 1.88. The molecule has 1 aliphatic rings. The van der Waals surface area contributed by atoms with Gasteiger partial charge >= 0.3 is 6.03 Å². The maximum absolute atomic E-state index is 12.8. The molecule has 1 aliphatic heterocycles. The van der Waals surface area contributed by atoms with E-state index in [1.165, 1.54) is 11.3 Å². The van der Waals surface area contributed by atoms with E-state index in [-0.39, 0.29) is 12.1 Å². The molecule has 0 aliphatic carbocycles. The number of carbonyl (C=O) groups is 1. The number of aromatic nitrogens is 5.